The van der Waals surface area contributed by atoms with Crippen LogP contribution >= 0.6 is 11.6 Å². The monoisotopic (exact) mass is 323 g/mol. The van der Waals surface area contributed by atoms with Gasteiger partial charge in [-0.05, 0) is 18.2 Å². The molecule has 1 fully saturated rings. The number of nitrogens with zero attached hydrogens (tertiary/aromatic N) is 2. The summed E-state index contributed by atoms with van der Waals surface area (Å²) in [6.45, 7) is 1.86. The molecule has 1 aliphatic heterocycles. The molecule has 0 radical (unpaired) electrons. The second kappa shape index (κ2) is 5.36. The van der Waals surface area contributed by atoms with Crippen LogP contribution in [-0.2, 0) is 9.84 Å². The molecule has 21 heavy (non-hydrogen) atoms. The van der Waals surface area contributed by atoms with Gasteiger partial charge in [-0.2, -0.15) is 0 Å². The molecule has 0 atom stereocenters. The van der Waals surface area contributed by atoms with Gasteiger partial charge < -0.3 is 5.32 Å². The van der Waals surface area contributed by atoms with Crippen molar-refractivity contribution in [1.82, 2.24) is 15.3 Å². The van der Waals surface area contributed by atoms with E-state index in [-0.39, 0.29) is 4.90 Å². The molecule has 5 nitrogen and oxygen atoms in total. The van der Waals surface area contributed by atoms with Crippen LogP contribution in [0.5, 0.6) is 0 Å². The maximum atomic E-state index is 11.5. The van der Waals surface area contributed by atoms with Gasteiger partial charge in [0.1, 0.15) is 0 Å². The second-order valence-electron chi connectivity index (χ2n) is 5.10. The highest BCUT2D eigenvalue weighted by Gasteiger charge is 2.20. The molecule has 1 aromatic heterocycles. The third-order valence-electron chi connectivity index (χ3n) is 3.52. The molecule has 0 bridgehead atoms. The summed E-state index contributed by atoms with van der Waals surface area (Å²) in [4.78, 5) is 8.99. The lowest BCUT2D eigenvalue weighted by atomic mass is 10.00. The van der Waals surface area contributed by atoms with Crippen molar-refractivity contribution in [3.63, 3.8) is 0 Å². The number of rotatable bonds is 3. The predicted octanol–water partition coefficient (Wildman–Crippen LogP) is 1.89. The van der Waals surface area contributed by atoms with Crippen LogP contribution in [0.25, 0.3) is 11.3 Å². The maximum absolute atomic E-state index is 11.5. The minimum atomic E-state index is -3.27. The van der Waals surface area contributed by atoms with E-state index in [2.05, 4.69) is 15.3 Å². The SMILES string of the molecule is CS(=O)(=O)c1ccc(-c2cnc(C3CNC3)cn2)c(Cl)c1. The summed E-state index contributed by atoms with van der Waals surface area (Å²) < 4.78 is 23.0. The van der Waals surface area contributed by atoms with Gasteiger partial charge in [-0.1, -0.05) is 11.6 Å². The van der Waals surface area contributed by atoms with Crippen molar-refractivity contribution in [3.05, 3.63) is 41.3 Å². The van der Waals surface area contributed by atoms with E-state index in [0.29, 0.717) is 22.2 Å². The number of nitrogens with one attached hydrogen (secondary N) is 1. The quantitative estimate of drug-likeness (QED) is 0.934. The van der Waals surface area contributed by atoms with Crippen molar-refractivity contribution in [2.24, 2.45) is 0 Å². The number of hydrogen-bond acceptors (Lipinski definition) is 5. The van der Waals surface area contributed by atoms with Crippen LogP contribution in [0.15, 0.2) is 35.5 Å². The summed E-state index contributed by atoms with van der Waals surface area (Å²) in [6.07, 6.45) is 4.58. The number of hydrogen-bond donors (Lipinski definition) is 1. The van der Waals surface area contributed by atoms with Gasteiger partial charge in [0, 0.05) is 37.0 Å². The minimum absolute atomic E-state index is 0.196. The van der Waals surface area contributed by atoms with Crippen molar-refractivity contribution in [3.8, 4) is 11.3 Å². The van der Waals surface area contributed by atoms with Gasteiger partial charge in [-0.3, -0.25) is 9.97 Å². The minimum Gasteiger partial charge on any atom is -0.315 e. The lowest BCUT2D eigenvalue weighted by Crippen LogP contribution is -2.40. The van der Waals surface area contributed by atoms with Gasteiger partial charge >= 0.3 is 0 Å². The van der Waals surface area contributed by atoms with Crippen LogP contribution in [0.3, 0.4) is 0 Å². The lowest BCUT2D eigenvalue weighted by molar-refractivity contribution is 0.439. The Kier molecular flexibility index (Phi) is 3.69. The predicted molar refractivity (Wildman–Crippen MR) is 81.2 cm³/mol. The van der Waals surface area contributed by atoms with E-state index in [1.54, 1.807) is 18.5 Å². The summed E-state index contributed by atoms with van der Waals surface area (Å²) >= 11 is 6.17. The fourth-order valence-corrected chi connectivity index (χ4v) is 3.11. The van der Waals surface area contributed by atoms with Crippen LogP contribution in [0.4, 0.5) is 0 Å². The van der Waals surface area contributed by atoms with Crippen molar-refractivity contribution >= 4 is 21.4 Å². The Balaban J connectivity index is 1.93. The Bertz CT molecular complexity index is 771. The van der Waals surface area contributed by atoms with Gasteiger partial charge in [-0.15, -0.1) is 0 Å². The smallest absolute Gasteiger partial charge is 0.175 e. The van der Waals surface area contributed by atoms with Gasteiger partial charge in [0.15, 0.2) is 9.84 Å². The summed E-state index contributed by atoms with van der Waals surface area (Å²) in [7, 11) is -3.27. The number of benzene rings is 1. The fourth-order valence-electron chi connectivity index (χ4n) is 2.12. The zero-order chi connectivity index (χ0) is 15.0. The van der Waals surface area contributed by atoms with Crippen molar-refractivity contribution < 1.29 is 8.42 Å². The normalized spacial score (nSPS) is 15.7. The third-order valence-corrected chi connectivity index (χ3v) is 4.94. The average molecular weight is 324 g/mol. The largest absolute Gasteiger partial charge is 0.315 e. The number of aromatic nitrogens is 2. The van der Waals surface area contributed by atoms with Gasteiger partial charge in [0.05, 0.1) is 27.5 Å². The van der Waals surface area contributed by atoms with Gasteiger partial charge in [-0.25, -0.2) is 8.42 Å². The topological polar surface area (TPSA) is 72.0 Å². The van der Waals surface area contributed by atoms with Crippen LogP contribution in [0.2, 0.25) is 5.02 Å². The Morgan fingerprint density at radius 3 is 2.48 bits per heavy atom. The van der Waals surface area contributed by atoms with Crippen molar-refractivity contribution in [2.75, 3.05) is 19.3 Å². The van der Waals surface area contributed by atoms with Crippen LogP contribution < -0.4 is 5.32 Å². The number of halogens is 1. The molecule has 1 saturated heterocycles. The van der Waals surface area contributed by atoms with Crippen LogP contribution in [-0.4, -0.2) is 37.7 Å². The summed E-state index contributed by atoms with van der Waals surface area (Å²) in [5, 5.41) is 3.54. The van der Waals surface area contributed by atoms with E-state index in [4.69, 9.17) is 11.6 Å². The Labute approximate surface area is 128 Å². The zero-order valence-corrected chi connectivity index (χ0v) is 12.9. The molecule has 0 amide bonds. The summed E-state index contributed by atoms with van der Waals surface area (Å²) in [5.41, 5.74) is 2.27. The number of sulfone groups is 1. The van der Waals surface area contributed by atoms with Crippen molar-refractivity contribution in [2.45, 2.75) is 10.8 Å². The van der Waals surface area contributed by atoms with Gasteiger partial charge in [0.2, 0.25) is 0 Å². The first kappa shape index (κ1) is 14.4. The first-order chi connectivity index (χ1) is 9.95. The molecule has 1 aromatic carbocycles. The van der Waals surface area contributed by atoms with E-state index in [0.717, 1.165) is 25.0 Å². The molecule has 0 aliphatic carbocycles. The average Bonchev–Trinajstić information content (AvgIpc) is 2.37. The molecule has 1 aliphatic rings. The zero-order valence-electron chi connectivity index (χ0n) is 11.4. The molecule has 0 saturated carbocycles. The van der Waals surface area contributed by atoms with E-state index in [9.17, 15) is 8.42 Å². The molecule has 110 valence electrons. The van der Waals surface area contributed by atoms with E-state index in [1.807, 2.05) is 0 Å². The molecule has 2 aromatic rings. The van der Waals surface area contributed by atoms with E-state index in [1.165, 1.54) is 12.1 Å². The Morgan fingerprint density at radius 2 is 2.00 bits per heavy atom. The third kappa shape index (κ3) is 2.92. The molecular formula is C14H14ClN3O2S. The molecule has 0 spiro atoms. The first-order valence-corrected chi connectivity index (χ1v) is 8.75. The lowest BCUT2D eigenvalue weighted by Gasteiger charge is -2.26. The highest BCUT2D eigenvalue weighted by Crippen LogP contribution is 2.29. The summed E-state index contributed by atoms with van der Waals surface area (Å²) in [6, 6.07) is 4.63. The van der Waals surface area contributed by atoms with Crippen molar-refractivity contribution in [1.29, 1.82) is 0 Å². The molecule has 0 unspecified atom stereocenters. The Hall–Kier alpha value is -1.50. The standard InChI is InChI=1S/C14H14ClN3O2S/c1-21(19,20)10-2-3-11(12(15)4-10)14-8-17-13(7-18-14)9-5-16-6-9/h2-4,7-9,16H,5-6H2,1H3. The molecule has 1 N–H and O–H groups in total. The second-order valence-corrected chi connectivity index (χ2v) is 7.52. The Morgan fingerprint density at radius 1 is 1.24 bits per heavy atom. The first-order valence-electron chi connectivity index (χ1n) is 6.48. The van der Waals surface area contributed by atoms with Gasteiger partial charge in [0.25, 0.3) is 0 Å². The van der Waals surface area contributed by atoms with Crippen LogP contribution in [0.1, 0.15) is 11.6 Å². The fraction of sp³-hybridized carbons (Fsp3) is 0.286. The maximum Gasteiger partial charge on any atom is 0.175 e. The van der Waals surface area contributed by atoms with E-state index < -0.39 is 9.84 Å². The molecular weight excluding hydrogens is 310 g/mol. The highest BCUT2D eigenvalue weighted by molar-refractivity contribution is 7.90. The van der Waals surface area contributed by atoms with E-state index >= 15 is 0 Å². The molecule has 3 rings (SSSR count). The van der Waals surface area contributed by atoms with Crippen LogP contribution in [0, 0.1) is 0 Å². The molecule has 7 heteroatoms. The summed E-state index contributed by atoms with van der Waals surface area (Å²) in [5.74, 6) is 0.426. The highest BCUT2D eigenvalue weighted by atomic mass is 35.5. The molecule has 2 heterocycles.